The van der Waals surface area contributed by atoms with Gasteiger partial charge in [0.05, 0.1) is 24.2 Å². The van der Waals surface area contributed by atoms with Gasteiger partial charge in [-0.15, -0.1) is 0 Å². The van der Waals surface area contributed by atoms with Gasteiger partial charge in [-0.1, -0.05) is 48.5 Å². The number of hydrogen-bond acceptors (Lipinski definition) is 3. The molecule has 0 fully saturated rings. The highest BCUT2D eigenvalue weighted by Gasteiger charge is 2.20. The summed E-state index contributed by atoms with van der Waals surface area (Å²) in [6.07, 6.45) is 1.52. The topological polar surface area (TPSA) is 63.6 Å². The lowest BCUT2D eigenvalue weighted by Crippen LogP contribution is -2.33. The van der Waals surface area contributed by atoms with E-state index in [2.05, 4.69) is 5.32 Å². The zero-order chi connectivity index (χ0) is 24.8. The third-order valence-corrected chi connectivity index (χ3v) is 5.90. The zero-order valence-electron chi connectivity index (χ0n) is 19.8. The first-order chi connectivity index (χ1) is 17.0. The molecule has 0 aliphatic heterocycles. The Balaban J connectivity index is 1.69. The molecular formula is C28H28FN3O3. The Kier molecular flexibility index (Phi) is 7.45. The third-order valence-electron chi connectivity index (χ3n) is 5.90. The Bertz CT molecular complexity index is 1330. The molecule has 0 atom stereocenters. The summed E-state index contributed by atoms with van der Waals surface area (Å²) < 4.78 is 21.9. The van der Waals surface area contributed by atoms with E-state index in [0.717, 1.165) is 11.1 Å². The number of ether oxygens (including phenoxy) is 1. The van der Waals surface area contributed by atoms with Gasteiger partial charge in [0.25, 0.3) is 0 Å². The maximum absolute atomic E-state index is 14.3. The quantitative estimate of drug-likeness (QED) is 0.349. The molecule has 7 heteroatoms. The first-order valence-corrected chi connectivity index (χ1v) is 11.7. The van der Waals surface area contributed by atoms with Gasteiger partial charge >= 0.3 is 6.09 Å². The molecule has 0 saturated heterocycles. The molecule has 0 unspecified atom stereocenters. The van der Waals surface area contributed by atoms with Gasteiger partial charge in [0, 0.05) is 30.2 Å². The molecule has 0 saturated carbocycles. The number of aromatic nitrogens is 1. The van der Waals surface area contributed by atoms with Crippen LogP contribution in [0.25, 0.3) is 10.9 Å². The maximum atomic E-state index is 14.3. The summed E-state index contributed by atoms with van der Waals surface area (Å²) in [4.78, 5) is 27.2. The zero-order valence-corrected chi connectivity index (χ0v) is 19.8. The maximum Gasteiger partial charge on any atom is 0.415 e. The van der Waals surface area contributed by atoms with Crippen LogP contribution in [-0.4, -0.2) is 34.6 Å². The molecule has 1 N–H and O–H groups in total. The molecule has 1 heterocycles. The average molecular weight is 474 g/mol. The molecule has 3 aromatic carbocycles. The third kappa shape index (κ3) is 5.51. The predicted octanol–water partition coefficient (Wildman–Crippen LogP) is 5.85. The number of benzene rings is 3. The second-order valence-corrected chi connectivity index (χ2v) is 8.16. The fraction of sp³-hybridized carbons (Fsp3) is 0.214. The lowest BCUT2D eigenvalue weighted by molar-refractivity contribution is -0.115. The van der Waals surface area contributed by atoms with Gasteiger partial charge in [0.15, 0.2) is 5.75 Å². The fourth-order valence-corrected chi connectivity index (χ4v) is 4.02. The smallest absolute Gasteiger partial charge is 0.408 e. The van der Waals surface area contributed by atoms with Crippen LogP contribution in [0.15, 0.2) is 79.0 Å². The molecule has 35 heavy (non-hydrogen) atoms. The van der Waals surface area contributed by atoms with E-state index in [1.54, 1.807) is 29.2 Å². The number of carbonyl (C=O) groups is 2. The van der Waals surface area contributed by atoms with Crippen molar-refractivity contribution in [2.45, 2.75) is 26.8 Å². The van der Waals surface area contributed by atoms with Crippen molar-refractivity contribution in [1.82, 2.24) is 9.47 Å². The number of carbonyl (C=O) groups excluding carboxylic acids is 2. The molecule has 1 aromatic heterocycles. The second kappa shape index (κ2) is 10.9. The van der Waals surface area contributed by atoms with Crippen molar-refractivity contribution in [2.24, 2.45) is 0 Å². The number of fused-ring (bicyclic) bond motifs is 1. The van der Waals surface area contributed by atoms with E-state index in [1.807, 2.05) is 67.1 Å². The Morgan fingerprint density at radius 1 is 0.943 bits per heavy atom. The number of nitrogens with one attached hydrogen (secondary N) is 1. The minimum absolute atomic E-state index is 0.177. The first-order valence-electron chi connectivity index (χ1n) is 11.7. The Morgan fingerprint density at radius 2 is 1.66 bits per heavy atom. The SMILES string of the molecule is CCN(CC)C(=O)Oc1ccc2c(ccn2Cc2ccccc2F)c1NC(=O)Cc1ccccc1. The minimum Gasteiger partial charge on any atom is -0.408 e. The van der Waals surface area contributed by atoms with Crippen LogP contribution in [0.5, 0.6) is 5.75 Å². The minimum atomic E-state index is -0.487. The summed E-state index contributed by atoms with van der Waals surface area (Å²) in [5, 5.41) is 3.65. The molecule has 0 spiro atoms. The molecule has 4 rings (SSSR count). The van der Waals surface area contributed by atoms with E-state index >= 15 is 0 Å². The predicted molar refractivity (Wildman–Crippen MR) is 135 cm³/mol. The number of rotatable bonds is 8. The van der Waals surface area contributed by atoms with Crippen LogP contribution in [0, 0.1) is 5.82 Å². The molecule has 0 radical (unpaired) electrons. The van der Waals surface area contributed by atoms with Gasteiger partial charge in [-0.3, -0.25) is 4.79 Å². The Morgan fingerprint density at radius 3 is 2.37 bits per heavy atom. The Labute approximate surface area is 203 Å². The van der Waals surface area contributed by atoms with Crippen LogP contribution in [-0.2, 0) is 17.8 Å². The van der Waals surface area contributed by atoms with E-state index in [1.165, 1.54) is 6.07 Å². The molecule has 0 aliphatic rings. The van der Waals surface area contributed by atoms with E-state index in [9.17, 15) is 14.0 Å². The molecule has 4 aromatic rings. The second-order valence-electron chi connectivity index (χ2n) is 8.16. The lowest BCUT2D eigenvalue weighted by atomic mass is 10.1. The fourth-order valence-electron chi connectivity index (χ4n) is 4.02. The number of anilines is 1. The van der Waals surface area contributed by atoms with Gasteiger partial charge in [0.1, 0.15) is 5.82 Å². The molecule has 6 nitrogen and oxygen atoms in total. The van der Waals surface area contributed by atoms with E-state index < -0.39 is 6.09 Å². The largest absolute Gasteiger partial charge is 0.415 e. The standard InChI is InChI=1S/C28H28FN3O3/c1-3-31(4-2)28(34)35-25-15-14-24-22(16-17-32(24)19-21-12-8-9-13-23(21)29)27(25)30-26(33)18-20-10-6-5-7-11-20/h5-17H,3-4,18-19H2,1-2H3,(H,30,33). The lowest BCUT2D eigenvalue weighted by Gasteiger charge is -2.20. The monoisotopic (exact) mass is 473 g/mol. The van der Waals surface area contributed by atoms with Crippen LogP contribution in [0.2, 0.25) is 0 Å². The molecule has 0 aliphatic carbocycles. The van der Waals surface area contributed by atoms with E-state index in [-0.39, 0.29) is 23.9 Å². The van der Waals surface area contributed by atoms with Crippen molar-refractivity contribution in [3.8, 4) is 5.75 Å². The summed E-state index contributed by atoms with van der Waals surface area (Å²) in [6.45, 7) is 5.09. The Hall–Kier alpha value is -4.13. The number of hydrogen-bond donors (Lipinski definition) is 1. The summed E-state index contributed by atoms with van der Waals surface area (Å²) in [5.41, 5.74) is 2.62. The van der Waals surface area contributed by atoms with Gasteiger partial charge in [-0.25, -0.2) is 9.18 Å². The molecule has 2 amide bonds. The van der Waals surface area contributed by atoms with E-state index in [4.69, 9.17) is 4.74 Å². The van der Waals surface area contributed by atoms with Gasteiger partial charge in [-0.2, -0.15) is 0 Å². The van der Waals surface area contributed by atoms with Crippen molar-refractivity contribution in [2.75, 3.05) is 18.4 Å². The van der Waals surface area contributed by atoms with Crippen molar-refractivity contribution < 1.29 is 18.7 Å². The molecule has 180 valence electrons. The summed E-state index contributed by atoms with van der Waals surface area (Å²) in [5.74, 6) is -0.249. The van der Waals surface area contributed by atoms with Crippen LogP contribution in [0.4, 0.5) is 14.9 Å². The summed E-state index contributed by atoms with van der Waals surface area (Å²) in [7, 11) is 0. The van der Waals surface area contributed by atoms with E-state index in [0.29, 0.717) is 36.3 Å². The van der Waals surface area contributed by atoms with Crippen molar-refractivity contribution in [1.29, 1.82) is 0 Å². The van der Waals surface area contributed by atoms with Gasteiger partial charge in [0.2, 0.25) is 5.91 Å². The van der Waals surface area contributed by atoms with Gasteiger partial charge in [-0.05, 0) is 43.7 Å². The van der Waals surface area contributed by atoms with Crippen molar-refractivity contribution in [3.05, 3.63) is 95.9 Å². The molecular weight excluding hydrogens is 445 g/mol. The van der Waals surface area contributed by atoms with Crippen molar-refractivity contribution >= 4 is 28.6 Å². The normalized spacial score (nSPS) is 10.8. The summed E-state index contributed by atoms with van der Waals surface area (Å²) in [6, 6.07) is 21.4. The van der Waals surface area contributed by atoms with Crippen LogP contribution >= 0.6 is 0 Å². The number of amides is 2. The van der Waals surface area contributed by atoms with Crippen LogP contribution in [0.3, 0.4) is 0 Å². The number of halogens is 1. The van der Waals surface area contributed by atoms with Crippen LogP contribution < -0.4 is 10.1 Å². The molecule has 0 bridgehead atoms. The highest BCUT2D eigenvalue weighted by Crippen LogP contribution is 2.35. The highest BCUT2D eigenvalue weighted by molar-refractivity contribution is 6.05. The van der Waals surface area contributed by atoms with Crippen LogP contribution in [0.1, 0.15) is 25.0 Å². The highest BCUT2D eigenvalue weighted by atomic mass is 19.1. The number of nitrogens with zero attached hydrogens (tertiary/aromatic N) is 2. The average Bonchev–Trinajstić information content (AvgIpc) is 3.26. The van der Waals surface area contributed by atoms with Crippen molar-refractivity contribution in [3.63, 3.8) is 0 Å². The summed E-state index contributed by atoms with van der Waals surface area (Å²) >= 11 is 0. The van der Waals surface area contributed by atoms with Gasteiger partial charge < -0.3 is 19.5 Å². The first kappa shape index (κ1) is 24.0.